The van der Waals surface area contributed by atoms with Crippen LogP contribution in [0.1, 0.15) is 17.5 Å². The van der Waals surface area contributed by atoms with E-state index in [4.69, 9.17) is 11.6 Å². The molecule has 1 aromatic heterocycles. The SMILES string of the molecule is CS(=O)(=O)N(CCC(=O)NCc1ccc(Cl)cc1)Cc1cccnc1. The standard InChI is InChI=1S/C17H20ClN3O3S/c1-25(23,24)21(13-15-3-2-9-19-11-15)10-8-17(22)20-12-14-4-6-16(18)7-5-14/h2-7,9,11H,8,10,12-13H2,1H3,(H,20,22). The summed E-state index contributed by atoms with van der Waals surface area (Å²) in [6.07, 6.45) is 4.45. The summed E-state index contributed by atoms with van der Waals surface area (Å²) in [5.74, 6) is -0.213. The van der Waals surface area contributed by atoms with Crippen LogP contribution in [0.25, 0.3) is 0 Å². The Bertz CT molecular complexity index is 796. The maximum absolute atomic E-state index is 12.0. The zero-order valence-electron chi connectivity index (χ0n) is 13.9. The van der Waals surface area contributed by atoms with Gasteiger partial charge in [-0.1, -0.05) is 29.8 Å². The number of sulfonamides is 1. The third-order valence-electron chi connectivity index (χ3n) is 3.54. The molecule has 0 saturated heterocycles. The molecule has 0 bridgehead atoms. The molecule has 8 heteroatoms. The van der Waals surface area contributed by atoms with E-state index in [0.717, 1.165) is 17.4 Å². The van der Waals surface area contributed by atoms with Crippen molar-refractivity contribution in [3.8, 4) is 0 Å². The van der Waals surface area contributed by atoms with Gasteiger partial charge in [-0.25, -0.2) is 8.42 Å². The summed E-state index contributed by atoms with van der Waals surface area (Å²) < 4.78 is 25.1. The summed E-state index contributed by atoms with van der Waals surface area (Å²) in [6, 6.07) is 10.7. The zero-order valence-corrected chi connectivity index (χ0v) is 15.4. The first-order valence-electron chi connectivity index (χ1n) is 7.70. The van der Waals surface area contributed by atoms with E-state index in [1.807, 2.05) is 12.1 Å². The second-order valence-electron chi connectivity index (χ2n) is 5.61. The van der Waals surface area contributed by atoms with Gasteiger partial charge in [-0.15, -0.1) is 0 Å². The van der Waals surface area contributed by atoms with Crippen LogP contribution in [0.4, 0.5) is 0 Å². The minimum Gasteiger partial charge on any atom is -0.352 e. The number of nitrogens with one attached hydrogen (secondary N) is 1. The lowest BCUT2D eigenvalue weighted by Crippen LogP contribution is -2.34. The van der Waals surface area contributed by atoms with Crippen LogP contribution in [0.2, 0.25) is 5.02 Å². The van der Waals surface area contributed by atoms with Gasteiger partial charge in [0.1, 0.15) is 0 Å². The molecule has 0 fully saturated rings. The number of hydrogen-bond donors (Lipinski definition) is 1. The first kappa shape index (κ1) is 19.4. The van der Waals surface area contributed by atoms with Crippen molar-refractivity contribution < 1.29 is 13.2 Å². The number of hydrogen-bond acceptors (Lipinski definition) is 4. The van der Waals surface area contributed by atoms with Crippen LogP contribution in [-0.4, -0.2) is 36.4 Å². The fraction of sp³-hybridized carbons (Fsp3) is 0.294. The van der Waals surface area contributed by atoms with Crippen LogP contribution in [-0.2, 0) is 27.9 Å². The highest BCUT2D eigenvalue weighted by Crippen LogP contribution is 2.10. The molecule has 1 heterocycles. The highest BCUT2D eigenvalue weighted by molar-refractivity contribution is 7.88. The molecule has 2 aromatic rings. The minimum absolute atomic E-state index is 0.0842. The van der Waals surface area contributed by atoms with Crippen molar-refractivity contribution in [2.24, 2.45) is 0 Å². The molecular formula is C17H20ClN3O3S. The summed E-state index contributed by atoms with van der Waals surface area (Å²) in [7, 11) is -3.42. The molecule has 6 nitrogen and oxygen atoms in total. The summed E-state index contributed by atoms with van der Waals surface area (Å²) in [6.45, 7) is 0.675. The monoisotopic (exact) mass is 381 g/mol. The van der Waals surface area contributed by atoms with Crippen molar-refractivity contribution in [2.45, 2.75) is 19.5 Å². The van der Waals surface area contributed by atoms with Crippen LogP contribution < -0.4 is 5.32 Å². The molecule has 1 N–H and O–H groups in total. The van der Waals surface area contributed by atoms with E-state index < -0.39 is 10.0 Å². The van der Waals surface area contributed by atoms with Crippen molar-refractivity contribution in [3.63, 3.8) is 0 Å². The largest absolute Gasteiger partial charge is 0.352 e. The quantitative estimate of drug-likeness (QED) is 0.760. The molecule has 134 valence electrons. The number of pyridine rings is 1. The van der Waals surface area contributed by atoms with Crippen molar-refractivity contribution in [3.05, 3.63) is 64.9 Å². The fourth-order valence-electron chi connectivity index (χ4n) is 2.17. The molecule has 0 aliphatic carbocycles. The first-order chi connectivity index (χ1) is 11.8. The van der Waals surface area contributed by atoms with E-state index in [1.165, 1.54) is 4.31 Å². The lowest BCUT2D eigenvalue weighted by molar-refractivity contribution is -0.121. The molecule has 2 rings (SSSR count). The maximum atomic E-state index is 12.0. The summed E-state index contributed by atoms with van der Waals surface area (Å²) >= 11 is 5.81. The number of carbonyl (C=O) groups excluding carboxylic acids is 1. The van der Waals surface area contributed by atoms with E-state index >= 15 is 0 Å². The third kappa shape index (κ3) is 6.81. The molecule has 0 aliphatic heterocycles. The molecule has 1 aromatic carbocycles. The Hall–Kier alpha value is -1.96. The summed E-state index contributed by atoms with van der Waals surface area (Å²) in [4.78, 5) is 16.0. The Kier molecular flexibility index (Phi) is 6.92. The van der Waals surface area contributed by atoms with Crippen LogP contribution in [0.5, 0.6) is 0 Å². The van der Waals surface area contributed by atoms with Gasteiger partial charge in [0.15, 0.2) is 0 Å². The lowest BCUT2D eigenvalue weighted by atomic mass is 10.2. The highest BCUT2D eigenvalue weighted by atomic mass is 35.5. The van der Waals surface area contributed by atoms with Gasteiger partial charge >= 0.3 is 0 Å². The molecule has 0 saturated carbocycles. The second-order valence-corrected chi connectivity index (χ2v) is 8.03. The number of halogens is 1. The van der Waals surface area contributed by atoms with E-state index in [2.05, 4.69) is 10.3 Å². The van der Waals surface area contributed by atoms with E-state index in [-0.39, 0.29) is 25.4 Å². The average Bonchev–Trinajstić information content (AvgIpc) is 2.58. The number of benzene rings is 1. The predicted octanol–water partition coefficient (Wildman–Crippen LogP) is 2.20. The highest BCUT2D eigenvalue weighted by Gasteiger charge is 2.18. The molecule has 1 amide bonds. The van der Waals surface area contributed by atoms with Gasteiger partial charge < -0.3 is 5.32 Å². The minimum atomic E-state index is -3.42. The molecule has 0 aliphatic rings. The topological polar surface area (TPSA) is 79.4 Å². The second kappa shape index (κ2) is 8.94. The number of aromatic nitrogens is 1. The molecule has 0 radical (unpaired) electrons. The van der Waals surface area contributed by atoms with Crippen LogP contribution >= 0.6 is 11.6 Å². The number of nitrogens with zero attached hydrogens (tertiary/aromatic N) is 2. The Morgan fingerprint density at radius 1 is 1.20 bits per heavy atom. The number of rotatable bonds is 8. The van der Waals surface area contributed by atoms with Crippen molar-refractivity contribution in [1.29, 1.82) is 0 Å². The molecule has 0 atom stereocenters. The van der Waals surface area contributed by atoms with Crippen LogP contribution in [0, 0.1) is 0 Å². The fourth-order valence-corrected chi connectivity index (χ4v) is 3.11. The summed E-state index contributed by atoms with van der Waals surface area (Å²) in [5, 5.41) is 3.41. The van der Waals surface area contributed by atoms with E-state index in [0.29, 0.717) is 11.6 Å². The Balaban J connectivity index is 1.87. The van der Waals surface area contributed by atoms with Gasteiger partial charge in [0, 0.05) is 43.5 Å². The lowest BCUT2D eigenvalue weighted by Gasteiger charge is -2.19. The first-order valence-corrected chi connectivity index (χ1v) is 9.92. The van der Waals surface area contributed by atoms with Crippen molar-refractivity contribution in [1.82, 2.24) is 14.6 Å². The molecule has 0 spiro atoms. The Labute approximate surface area is 152 Å². The number of carbonyl (C=O) groups is 1. The predicted molar refractivity (Wildman–Crippen MR) is 97.4 cm³/mol. The van der Waals surface area contributed by atoms with Crippen molar-refractivity contribution in [2.75, 3.05) is 12.8 Å². The van der Waals surface area contributed by atoms with Gasteiger partial charge in [-0.3, -0.25) is 9.78 Å². The Morgan fingerprint density at radius 2 is 1.92 bits per heavy atom. The van der Waals surface area contributed by atoms with Gasteiger partial charge in [0.2, 0.25) is 15.9 Å². The smallest absolute Gasteiger partial charge is 0.221 e. The van der Waals surface area contributed by atoms with Gasteiger partial charge in [0.25, 0.3) is 0 Å². The maximum Gasteiger partial charge on any atom is 0.221 e. The summed E-state index contributed by atoms with van der Waals surface area (Å²) in [5.41, 5.74) is 1.70. The van der Waals surface area contributed by atoms with E-state index in [9.17, 15) is 13.2 Å². The van der Waals surface area contributed by atoms with Gasteiger partial charge in [-0.05, 0) is 29.3 Å². The van der Waals surface area contributed by atoms with Gasteiger partial charge in [0.05, 0.1) is 6.26 Å². The van der Waals surface area contributed by atoms with Crippen molar-refractivity contribution >= 4 is 27.5 Å². The average molecular weight is 382 g/mol. The van der Waals surface area contributed by atoms with Crippen LogP contribution in [0.15, 0.2) is 48.8 Å². The normalized spacial score (nSPS) is 11.5. The van der Waals surface area contributed by atoms with E-state index in [1.54, 1.807) is 36.7 Å². The molecule has 25 heavy (non-hydrogen) atoms. The van der Waals surface area contributed by atoms with Crippen LogP contribution in [0.3, 0.4) is 0 Å². The third-order valence-corrected chi connectivity index (χ3v) is 5.04. The Morgan fingerprint density at radius 3 is 2.52 bits per heavy atom. The zero-order chi connectivity index (χ0) is 18.3. The van der Waals surface area contributed by atoms with Gasteiger partial charge in [-0.2, -0.15) is 4.31 Å². The molecule has 0 unspecified atom stereocenters. The number of amides is 1. The molecular weight excluding hydrogens is 362 g/mol.